The van der Waals surface area contributed by atoms with Gasteiger partial charge in [0.1, 0.15) is 4.99 Å². The number of nitrogens with zero attached hydrogens (tertiary/aromatic N) is 1. The number of thiocarbonyl (C=S) groups is 1. The average molecular weight is 238 g/mol. The maximum atomic E-state index is 9.20. The summed E-state index contributed by atoms with van der Waals surface area (Å²) in [6.45, 7) is 2.62. The molecule has 4 heteroatoms. The third kappa shape index (κ3) is 3.79. The van der Waals surface area contributed by atoms with E-state index >= 15 is 0 Å². The van der Waals surface area contributed by atoms with Gasteiger partial charge in [-0.15, -0.1) is 0 Å². The summed E-state index contributed by atoms with van der Waals surface area (Å²) in [6.07, 6.45) is 0.492. The minimum Gasteiger partial charge on any atom is -0.393 e. The van der Waals surface area contributed by atoms with Crippen LogP contribution in [0.2, 0.25) is 0 Å². The molecule has 0 bridgehead atoms. The molecule has 3 nitrogen and oxygen atoms in total. The molecule has 0 amide bonds. The molecule has 88 valence electrons. The van der Waals surface area contributed by atoms with Crippen molar-refractivity contribution in [2.24, 2.45) is 5.73 Å². The first-order chi connectivity index (χ1) is 7.50. The lowest BCUT2D eigenvalue weighted by molar-refractivity contribution is 0.187. The van der Waals surface area contributed by atoms with E-state index in [0.29, 0.717) is 4.99 Å². The van der Waals surface area contributed by atoms with Crippen molar-refractivity contribution in [3.63, 3.8) is 0 Å². The van der Waals surface area contributed by atoms with E-state index in [1.165, 1.54) is 0 Å². The van der Waals surface area contributed by atoms with Crippen molar-refractivity contribution < 1.29 is 5.11 Å². The highest BCUT2D eigenvalue weighted by atomic mass is 32.1. The second kappa shape index (κ2) is 5.82. The summed E-state index contributed by atoms with van der Waals surface area (Å²) in [4.78, 5) is 2.51. The predicted octanol–water partition coefficient (Wildman–Crippen LogP) is 1.53. The maximum absolute atomic E-state index is 9.20. The Balaban J connectivity index is 2.63. The van der Waals surface area contributed by atoms with E-state index in [9.17, 15) is 5.11 Å². The van der Waals surface area contributed by atoms with Gasteiger partial charge in [-0.2, -0.15) is 0 Å². The molecular formula is C12H18N2OS. The minimum atomic E-state index is -0.265. The fourth-order valence-electron chi connectivity index (χ4n) is 1.39. The highest BCUT2D eigenvalue weighted by Gasteiger charge is 2.03. The normalized spacial score (nSPS) is 12.2. The lowest BCUT2D eigenvalue weighted by Gasteiger charge is -2.20. The van der Waals surface area contributed by atoms with E-state index in [4.69, 9.17) is 18.0 Å². The molecule has 0 saturated heterocycles. The van der Waals surface area contributed by atoms with Gasteiger partial charge in [0.05, 0.1) is 6.10 Å². The van der Waals surface area contributed by atoms with Crippen LogP contribution >= 0.6 is 12.2 Å². The molecule has 0 saturated carbocycles. The highest BCUT2D eigenvalue weighted by molar-refractivity contribution is 7.80. The van der Waals surface area contributed by atoms with E-state index < -0.39 is 0 Å². The van der Waals surface area contributed by atoms with Crippen molar-refractivity contribution in [2.45, 2.75) is 19.4 Å². The van der Waals surface area contributed by atoms with E-state index in [-0.39, 0.29) is 6.10 Å². The Kier molecular flexibility index (Phi) is 4.71. The smallest absolute Gasteiger partial charge is 0.103 e. The third-order valence-electron chi connectivity index (χ3n) is 2.47. The van der Waals surface area contributed by atoms with Crippen LogP contribution in [0.4, 0.5) is 5.69 Å². The van der Waals surface area contributed by atoms with Crippen molar-refractivity contribution in [2.75, 3.05) is 18.5 Å². The molecule has 16 heavy (non-hydrogen) atoms. The van der Waals surface area contributed by atoms with E-state index in [1.54, 1.807) is 6.92 Å². The monoisotopic (exact) mass is 238 g/mol. The minimum absolute atomic E-state index is 0.265. The molecule has 0 radical (unpaired) electrons. The van der Waals surface area contributed by atoms with Crippen LogP contribution in [0, 0.1) is 0 Å². The lowest BCUT2D eigenvalue weighted by Crippen LogP contribution is -2.21. The molecule has 1 rings (SSSR count). The van der Waals surface area contributed by atoms with Gasteiger partial charge in [-0.3, -0.25) is 0 Å². The molecule has 0 fully saturated rings. The summed E-state index contributed by atoms with van der Waals surface area (Å²) in [5, 5.41) is 9.20. The number of aliphatic hydroxyl groups is 1. The van der Waals surface area contributed by atoms with Crippen molar-refractivity contribution in [3.8, 4) is 0 Å². The largest absolute Gasteiger partial charge is 0.393 e. The van der Waals surface area contributed by atoms with Crippen molar-refractivity contribution in [1.29, 1.82) is 0 Å². The molecule has 1 unspecified atom stereocenters. The van der Waals surface area contributed by atoms with Gasteiger partial charge < -0.3 is 15.7 Å². The van der Waals surface area contributed by atoms with Gasteiger partial charge in [-0.1, -0.05) is 12.2 Å². The van der Waals surface area contributed by atoms with Gasteiger partial charge in [-0.05, 0) is 37.6 Å². The summed E-state index contributed by atoms with van der Waals surface area (Å²) in [6, 6.07) is 7.79. The van der Waals surface area contributed by atoms with Crippen molar-refractivity contribution in [3.05, 3.63) is 29.8 Å². The summed E-state index contributed by atoms with van der Waals surface area (Å²) in [7, 11) is 2.00. The molecule has 1 aromatic carbocycles. The Bertz CT molecular complexity index is 349. The first kappa shape index (κ1) is 12.9. The number of benzene rings is 1. The number of aliphatic hydroxyl groups excluding tert-OH is 1. The summed E-state index contributed by atoms with van der Waals surface area (Å²) in [5.41, 5.74) is 7.50. The fraction of sp³-hybridized carbons (Fsp3) is 0.417. The first-order valence-corrected chi connectivity index (χ1v) is 5.70. The maximum Gasteiger partial charge on any atom is 0.103 e. The molecule has 0 aromatic heterocycles. The topological polar surface area (TPSA) is 49.5 Å². The number of rotatable bonds is 5. The second-order valence-electron chi connectivity index (χ2n) is 3.97. The van der Waals surface area contributed by atoms with Crippen LogP contribution in [0.3, 0.4) is 0 Å². The Morgan fingerprint density at radius 3 is 2.44 bits per heavy atom. The predicted molar refractivity (Wildman–Crippen MR) is 71.9 cm³/mol. The Hall–Kier alpha value is -1.13. The van der Waals surface area contributed by atoms with Crippen LogP contribution < -0.4 is 10.6 Å². The first-order valence-electron chi connectivity index (χ1n) is 5.30. The van der Waals surface area contributed by atoms with Crippen molar-refractivity contribution in [1.82, 2.24) is 0 Å². The van der Waals surface area contributed by atoms with Gasteiger partial charge in [0.15, 0.2) is 0 Å². The molecule has 1 aromatic rings. The van der Waals surface area contributed by atoms with Gasteiger partial charge >= 0.3 is 0 Å². The van der Waals surface area contributed by atoms with E-state index in [2.05, 4.69) is 4.90 Å². The number of hydrogen-bond acceptors (Lipinski definition) is 3. The molecule has 0 aliphatic heterocycles. The highest BCUT2D eigenvalue weighted by Crippen LogP contribution is 2.14. The molecule has 1 atom stereocenters. The van der Waals surface area contributed by atoms with Crippen LogP contribution in [-0.2, 0) is 0 Å². The molecule has 0 heterocycles. The molecule has 3 N–H and O–H groups in total. The quantitative estimate of drug-likeness (QED) is 0.764. The Labute approximate surface area is 102 Å². The number of anilines is 1. The Morgan fingerprint density at radius 1 is 1.44 bits per heavy atom. The molecule has 0 aliphatic carbocycles. The third-order valence-corrected chi connectivity index (χ3v) is 2.71. The molecular weight excluding hydrogens is 220 g/mol. The lowest BCUT2D eigenvalue weighted by atomic mass is 10.2. The zero-order valence-electron chi connectivity index (χ0n) is 9.68. The number of nitrogens with two attached hydrogens (primary N) is 1. The molecule has 0 aliphatic rings. The second-order valence-corrected chi connectivity index (χ2v) is 4.41. The van der Waals surface area contributed by atoms with Gasteiger partial charge in [0, 0.05) is 24.8 Å². The SMILES string of the molecule is CC(O)CCN(C)c1ccc(C(N)=S)cc1. The van der Waals surface area contributed by atoms with E-state index in [0.717, 1.165) is 24.2 Å². The summed E-state index contributed by atoms with van der Waals surface area (Å²) in [5.74, 6) is 0. The fourth-order valence-corrected chi connectivity index (χ4v) is 1.53. The zero-order valence-corrected chi connectivity index (χ0v) is 10.5. The van der Waals surface area contributed by atoms with Crippen LogP contribution in [0.15, 0.2) is 24.3 Å². The van der Waals surface area contributed by atoms with Crippen molar-refractivity contribution >= 4 is 22.9 Å². The van der Waals surface area contributed by atoms with Crippen LogP contribution in [-0.4, -0.2) is 29.8 Å². The summed E-state index contributed by atoms with van der Waals surface area (Å²) >= 11 is 4.89. The number of hydrogen-bond donors (Lipinski definition) is 2. The Morgan fingerprint density at radius 2 is 2.00 bits per heavy atom. The average Bonchev–Trinajstić information content (AvgIpc) is 2.26. The van der Waals surface area contributed by atoms with Crippen LogP contribution in [0.1, 0.15) is 18.9 Å². The van der Waals surface area contributed by atoms with Crippen LogP contribution in [0.5, 0.6) is 0 Å². The standard InChI is InChI=1S/C12H18N2OS/c1-9(15)7-8-14(2)11-5-3-10(4-6-11)12(13)16/h3-6,9,15H,7-8H2,1-2H3,(H2,13,16). The van der Waals surface area contributed by atoms with E-state index in [1.807, 2.05) is 31.3 Å². The van der Waals surface area contributed by atoms with Gasteiger partial charge in [-0.25, -0.2) is 0 Å². The van der Waals surface area contributed by atoms with Gasteiger partial charge in [0.25, 0.3) is 0 Å². The summed E-state index contributed by atoms with van der Waals surface area (Å²) < 4.78 is 0. The zero-order chi connectivity index (χ0) is 12.1. The van der Waals surface area contributed by atoms with Crippen LogP contribution in [0.25, 0.3) is 0 Å². The molecule has 0 spiro atoms. The van der Waals surface area contributed by atoms with Gasteiger partial charge in [0.2, 0.25) is 0 Å².